The molecule has 2 fully saturated rings. The summed E-state index contributed by atoms with van der Waals surface area (Å²) in [6.07, 6.45) is 4.66. The van der Waals surface area contributed by atoms with Crippen LogP contribution in [0.4, 0.5) is 11.8 Å². The third-order valence-corrected chi connectivity index (χ3v) is 7.06. The number of nitrogens with zero attached hydrogens (tertiary/aromatic N) is 7. The van der Waals surface area contributed by atoms with Gasteiger partial charge in [-0.1, -0.05) is 29.8 Å². The third-order valence-electron chi connectivity index (χ3n) is 5.82. The quantitative estimate of drug-likeness (QED) is 0.422. The van der Waals surface area contributed by atoms with Crippen molar-refractivity contribution in [3.05, 3.63) is 41.7 Å². The zero-order chi connectivity index (χ0) is 23.0. The minimum atomic E-state index is -3.21. The zero-order valence-electron chi connectivity index (χ0n) is 18.5. The lowest BCUT2D eigenvalue weighted by Crippen LogP contribution is -2.50. The van der Waals surface area contributed by atoms with Gasteiger partial charge in [-0.3, -0.25) is 5.43 Å². The van der Waals surface area contributed by atoms with Gasteiger partial charge in [0.05, 0.1) is 38.1 Å². The highest BCUT2D eigenvalue weighted by Crippen LogP contribution is 2.30. The molecule has 0 amide bonds. The molecule has 11 nitrogen and oxygen atoms in total. The van der Waals surface area contributed by atoms with Gasteiger partial charge >= 0.3 is 0 Å². The van der Waals surface area contributed by atoms with Gasteiger partial charge in [0.2, 0.25) is 16.0 Å². The van der Waals surface area contributed by atoms with Gasteiger partial charge in [-0.2, -0.15) is 19.4 Å². The smallest absolute Gasteiger partial charge is 0.229 e. The van der Waals surface area contributed by atoms with E-state index in [1.807, 2.05) is 35.8 Å². The first-order chi connectivity index (χ1) is 15.9. The number of benzene rings is 1. The summed E-state index contributed by atoms with van der Waals surface area (Å²) in [4.78, 5) is 16.1. The Morgan fingerprint density at radius 2 is 2.00 bits per heavy atom. The second-order valence-electron chi connectivity index (χ2n) is 8.31. The van der Waals surface area contributed by atoms with Crippen LogP contribution >= 0.6 is 0 Å². The summed E-state index contributed by atoms with van der Waals surface area (Å²) < 4.78 is 32.4. The number of fused-ring (bicyclic) bond motifs is 1. The van der Waals surface area contributed by atoms with Crippen molar-refractivity contribution in [2.24, 2.45) is 5.10 Å². The van der Waals surface area contributed by atoms with Crippen LogP contribution in [0.3, 0.4) is 0 Å². The van der Waals surface area contributed by atoms with Crippen LogP contribution < -0.4 is 10.3 Å². The molecule has 2 saturated heterocycles. The lowest BCUT2D eigenvalue weighted by atomic mass is 10.2. The molecule has 0 aliphatic carbocycles. The first-order valence-electron chi connectivity index (χ1n) is 10.8. The summed E-state index contributed by atoms with van der Waals surface area (Å²) in [6, 6.07) is 8.01. The largest absolute Gasteiger partial charge is 0.378 e. The minimum absolute atomic E-state index is 0.0270. The lowest BCUT2D eigenvalue weighted by molar-refractivity contribution is 0.122. The number of aromatic nitrogens is 4. The summed E-state index contributed by atoms with van der Waals surface area (Å²) in [5, 5.41) is 4.38. The summed E-state index contributed by atoms with van der Waals surface area (Å²) in [5.41, 5.74) is 6.40. The Labute approximate surface area is 192 Å². The van der Waals surface area contributed by atoms with E-state index in [4.69, 9.17) is 14.7 Å². The van der Waals surface area contributed by atoms with Crippen molar-refractivity contribution in [1.29, 1.82) is 0 Å². The van der Waals surface area contributed by atoms with Crippen molar-refractivity contribution >= 4 is 39.2 Å². The van der Waals surface area contributed by atoms with Crippen LogP contribution in [-0.4, -0.2) is 84.1 Å². The number of aryl methyl sites for hydroxylation is 1. The molecule has 0 atom stereocenters. The number of hydrogen-bond donors (Lipinski definition) is 1. The monoisotopic (exact) mass is 470 g/mol. The Bertz CT molecular complexity index is 1290. The highest BCUT2D eigenvalue weighted by molar-refractivity contribution is 7.88. The number of hydrazone groups is 1. The molecule has 0 spiro atoms. The van der Waals surface area contributed by atoms with Crippen molar-refractivity contribution in [3.8, 4) is 0 Å². The van der Waals surface area contributed by atoms with E-state index in [2.05, 4.69) is 20.4 Å². The maximum absolute atomic E-state index is 11.8. The first-order valence-corrected chi connectivity index (χ1v) is 12.6. The van der Waals surface area contributed by atoms with Gasteiger partial charge in [-0.15, -0.1) is 0 Å². The molecule has 0 bridgehead atoms. The molecule has 5 rings (SSSR count). The number of anilines is 2. The molecule has 33 heavy (non-hydrogen) atoms. The number of rotatable bonds is 6. The second kappa shape index (κ2) is 8.69. The van der Waals surface area contributed by atoms with Crippen molar-refractivity contribution in [3.63, 3.8) is 0 Å². The molecule has 2 aliphatic rings. The van der Waals surface area contributed by atoms with Crippen molar-refractivity contribution in [2.45, 2.75) is 13.0 Å². The van der Waals surface area contributed by atoms with E-state index in [0.29, 0.717) is 62.3 Å². The van der Waals surface area contributed by atoms with E-state index in [1.54, 1.807) is 12.5 Å². The number of hydrogen-bond acceptors (Lipinski definition) is 9. The predicted molar refractivity (Wildman–Crippen MR) is 126 cm³/mol. The number of nitrogens with one attached hydrogen (secondary N) is 1. The Morgan fingerprint density at radius 3 is 2.73 bits per heavy atom. The molecular formula is C21H26N8O3S. The van der Waals surface area contributed by atoms with Gasteiger partial charge in [0.15, 0.2) is 17.0 Å². The van der Waals surface area contributed by atoms with E-state index in [1.165, 1.54) is 10.6 Å². The molecule has 1 N–H and O–H groups in total. The summed E-state index contributed by atoms with van der Waals surface area (Å²) in [6.45, 7) is 5.44. The van der Waals surface area contributed by atoms with E-state index in [9.17, 15) is 8.42 Å². The average Bonchev–Trinajstić information content (AvgIpc) is 3.16. The third kappa shape index (κ3) is 4.54. The van der Waals surface area contributed by atoms with Crippen LogP contribution in [0.15, 0.2) is 35.7 Å². The SMILES string of the molecule is Cc1cccc(C=NNc2nc(N3CCOCC3)nc3c2ncn3C2CN(S(C)(=O)=O)C2)c1. The number of sulfonamides is 1. The fourth-order valence-corrected chi connectivity index (χ4v) is 4.82. The van der Waals surface area contributed by atoms with Gasteiger partial charge < -0.3 is 14.2 Å². The molecule has 0 saturated carbocycles. The fraction of sp³-hybridized carbons (Fsp3) is 0.429. The molecule has 2 aliphatic heterocycles. The fourth-order valence-electron chi connectivity index (χ4n) is 3.94. The summed E-state index contributed by atoms with van der Waals surface area (Å²) in [5.74, 6) is 1.07. The summed E-state index contributed by atoms with van der Waals surface area (Å²) >= 11 is 0. The molecule has 3 aromatic rings. The standard InChI is InChI=1S/C21H26N8O3S/c1-15-4-3-5-16(10-15)11-23-26-19-18-20(25-21(24-19)27-6-8-32-9-7-27)29(14-22-18)17-12-28(13-17)33(2,30)31/h3-5,10-11,14,17H,6-9,12-13H2,1-2H3,(H,24,25,26). The second-order valence-corrected chi connectivity index (χ2v) is 10.3. The van der Waals surface area contributed by atoms with Crippen LogP contribution in [0, 0.1) is 6.92 Å². The first kappa shape index (κ1) is 21.7. The van der Waals surface area contributed by atoms with Crippen LogP contribution in [-0.2, 0) is 14.8 Å². The molecular weight excluding hydrogens is 444 g/mol. The van der Waals surface area contributed by atoms with Gasteiger partial charge in [0.1, 0.15) is 0 Å². The topological polar surface area (TPSA) is 118 Å². The number of morpholine rings is 1. The zero-order valence-corrected chi connectivity index (χ0v) is 19.4. The van der Waals surface area contributed by atoms with E-state index < -0.39 is 10.0 Å². The van der Waals surface area contributed by atoms with Gasteiger partial charge in [-0.05, 0) is 12.5 Å². The predicted octanol–water partition coefficient (Wildman–Crippen LogP) is 1.23. The average molecular weight is 471 g/mol. The van der Waals surface area contributed by atoms with E-state index in [0.717, 1.165) is 11.1 Å². The molecule has 1 aromatic carbocycles. The van der Waals surface area contributed by atoms with Crippen molar-refractivity contribution in [1.82, 2.24) is 23.8 Å². The highest BCUT2D eigenvalue weighted by Gasteiger charge is 2.35. The van der Waals surface area contributed by atoms with Gasteiger partial charge in [0.25, 0.3) is 0 Å². The Balaban J connectivity index is 1.47. The summed E-state index contributed by atoms with van der Waals surface area (Å²) in [7, 11) is -3.21. The maximum atomic E-state index is 11.8. The van der Waals surface area contributed by atoms with Crippen molar-refractivity contribution in [2.75, 3.05) is 56.0 Å². The molecule has 4 heterocycles. The molecule has 0 unspecified atom stereocenters. The van der Waals surface area contributed by atoms with Crippen LogP contribution in [0.1, 0.15) is 17.2 Å². The highest BCUT2D eigenvalue weighted by atomic mass is 32.2. The Kier molecular flexibility index (Phi) is 5.72. The number of imidazole rings is 1. The van der Waals surface area contributed by atoms with Crippen LogP contribution in [0.25, 0.3) is 11.2 Å². The molecule has 2 aromatic heterocycles. The number of ether oxygens (including phenoxy) is 1. The van der Waals surface area contributed by atoms with Gasteiger partial charge in [-0.25, -0.2) is 13.4 Å². The maximum Gasteiger partial charge on any atom is 0.229 e. The Morgan fingerprint density at radius 1 is 1.21 bits per heavy atom. The van der Waals surface area contributed by atoms with Crippen LogP contribution in [0.2, 0.25) is 0 Å². The molecule has 0 radical (unpaired) electrons. The molecule has 12 heteroatoms. The molecule has 174 valence electrons. The minimum Gasteiger partial charge on any atom is -0.378 e. The van der Waals surface area contributed by atoms with E-state index >= 15 is 0 Å². The van der Waals surface area contributed by atoms with Crippen LogP contribution in [0.5, 0.6) is 0 Å². The van der Waals surface area contributed by atoms with Gasteiger partial charge in [0, 0.05) is 26.2 Å². The normalized spacial score (nSPS) is 18.2. The lowest BCUT2D eigenvalue weighted by Gasteiger charge is -2.37. The van der Waals surface area contributed by atoms with Crippen molar-refractivity contribution < 1.29 is 13.2 Å². The Hall–Kier alpha value is -3.09. The van der Waals surface area contributed by atoms with E-state index in [-0.39, 0.29) is 6.04 Å².